The summed E-state index contributed by atoms with van der Waals surface area (Å²) in [5, 5.41) is 2.42. The number of ether oxygens (including phenoxy) is 1. The summed E-state index contributed by atoms with van der Waals surface area (Å²) in [6.07, 6.45) is 6.90. The number of aromatic nitrogens is 4. The van der Waals surface area contributed by atoms with Crippen LogP contribution in [0.5, 0.6) is 0 Å². The van der Waals surface area contributed by atoms with Gasteiger partial charge in [-0.2, -0.15) is 8.42 Å². The molecule has 1 fully saturated rings. The molecule has 4 heterocycles. The highest BCUT2D eigenvalue weighted by atomic mass is 32.2. The lowest BCUT2D eigenvalue weighted by Crippen LogP contribution is -2.27. The van der Waals surface area contributed by atoms with E-state index in [-0.39, 0.29) is 51.6 Å². The zero-order valence-corrected chi connectivity index (χ0v) is 26.0. The molecule has 0 radical (unpaired) electrons. The van der Waals surface area contributed by atoms with Crippen LogP contribution in [0.1, 0.15) is 23.2 Å². The van der Waals surface area contributed by atoms with Crippen LogP contribution in [0.15, 0.2) is 66.1 Å². The van der Waals surface area contributed by atoms with E-state index in [0.29, 0.717) is 25.3 Å². The van der Waals surface area contributed by atoms with E-state index in [0.717, 1.165) is 31.3 Å². The van der Waals surface area contributed by atoms with E-state index in [4.69, 9.17) is 10.5 Å². The predicted octanol–water partition coefficient (Wildman–Crippen LogP) is 4.49. The monoisotopic (exact) mass is 682 g/mol. The number of nitrogens with two attached hydrogens (primary N) is 1. The summed E-state index contributed by atoms with van der Waals surface area (Å²) in [7, 11) is -4.36. The number of anilines is 2. The van der Waals surface area contributed by atoms with Gasteiger partial charge in [0.05, 0.1) is 16.8 Å². The summed E-state index contributed by atoms with van der Waals surface area (Å²) < 4.78 is 85.2. The Morgan fingerprint density at radius 2 is 1.73 bits per heavy atom. The molecular weight excluding hydrogens is 653 g/mol. The Kier molecular flexibility index (Phi) is 9.05. The van der Waals surface area contributed by atoms with Crippen LogP contribution in [0.4, 0.5) is 24.7 Å². The molecule has 1 aliphatic rings. The van der Waals surface area contributed by atoms with Gasteiger partial charge in [-0.25, -0.2) is 23.1 Å². The van der Waals surface area contributed by atoms with Crippen LogP contribution in [0, 0.1) is 23.4 Å². The number of carbonyl (C=O) groups is 1. The first-order valence-electron chi connectivity index (χ1n) is 14.8. The third-order valence-corrected chi connectivity index (χ3v) is 8.86. The van der Waals surface area contributed by atoms with Crippen molar-refractivity contribution in [3.8, 4) is 22.3 Å². The summed E-state index contributed by atoms with van der Waals surface area (Å²) in [5.41, 5.74) is 4.82. The van der Waals surface area contributed by atoms with Gasteiger partial charge in [-0.05, 0) is 42.5 Å². The molecule has 0 atom stereocenters. The van der Waals surface area contributed by atoms with Crippen LogP contribution >= 0.6 is 0 Å². The van der Waals surface area contributed by atoms with E-state index in [9.17, 15) is 27.0 Å². The number of halogens is 3. The summed E-state index contributed by atoms with van der Waals surface area (Å²) in [4.78, 5) is 35.1. The second-order valence-electron chi connectivity index (χ2n) is 11.4. The van der Waals surface area contributed by atoms with E-state index < -0.39 is 50.3 Å². The second kappa shape index (κ2) is 13.2. The van der Waals surface area contributed by atoms with Gasteiger partial charge >= 0.3 is 0 Å². The third-order valence-electron chi connectivity index (χ3n) is 8.16. The van der Waals surface area contributed by atoms with E-state index in [1.165, 1.54) is 41.2 Å². The molecule has 12 nitrogen and oxygen atoms in total. The minimum Gasteiger partial charge on any atom is -0.383 e. The van der Waals surface area contributed by atoms with Crippen LogP contribution in [0.3, 0.4) is 0 Å². The number of pyridine rings is 1. The van der Waals surface area contributed by atoms with Gasteiger partial charge in [0.15, 0.2) is 0 Å². The van der Waals surface area contributed by atoms with Crippen LogP contribution < -0.4 is 16.5 Å². The van der Waals surface area contributed by atoms with Crippen molar-refractivity contribution in [3.63, 3.8) is 0 Å². The molecule has 5 aromatic rings. The van der Waals surface area contributed by atoms with Crippen molar-refractivity contribution < 1.29 is 35.7 Å². The SMILES string of the molecule is Nc1ncnc2c1c(-c1cc(F)c(NC(=O)c3cn(CC4CCOCC4)cc(-c4ccc(F)cc4)c3=O)cc1F)cn2CCS(=O)(=O)O. The Hall–Kier alpha value is -5.06. The van der Waals surface area contributed by atoms with Gasteiger partial charge in [0.25, 0.3) is 16.0 Å². The van der Waals surface area contributed by atoms with Crippen LogP contribution in [0.2, 0.25) is 0 Å². The van der Waals surface area contributed by atoms with Gasteiger partial charge < -0.3 is 24.9 Å². The quantitative estimate of drug-likeness (QED) is 0.190. The van der Waals surface area contributed by atoms with Crippen molar-refractivity contribution in [1.82, 2.24) is 19.1 Å². The number of nitrogens with one attached hydrogen (secondary N) is 1. The zero-order valence-electron chi connectivity index (χ0n) is 25.2. The minimum atomic E-state index is -4.36. The third kappa shape index (κ3) is 6.95. The molecule has 0 aliphatic carbocycles. The van der Waals surface area contributed by atoms with Gasteiger partial charge in [0.1, 0.15) is 40.8 Å². The highest BCUT2D eigenvalue weighted by Crippen LogP contribution is 2.36. The normalized spacial score (nSPS) is 14.0. The number of hydrogen-bond acceptors (Lipinski definition) is 8. The van der Waals surface area contributed by atoms with Crippen molar-refractivity contribution in [2.24, 2.45) is 5.92 Å². The largest absolute Gasteiger partial charge is 0.383 e. The van der Waals surface area contributed by atoms with Crippen molar-refractivity contribution in [2.45, 2.75) is 25.9 Å². The zero-order chi connectivity index (χ0) is 34.2. The maximum absolute atomic E-state index is 15.7. The Labute approximate surface area is 271 Å². The fourth-order valence-electron chi connectivity index (χ4n) is 5.73. The molecule has 0 spiro atoms. The van der Waals surface area contributed by atoms with E-state index in [2.05, 4.69) is 15.3 Å². The molecule has 1 amide bonds. The number of aryl methyl sites for hydroxylation is 1. The van der Waals surface area contributed by atoms with Crippen LogP contribution in [0.25, 0.3) is 33.3 Å². The molecule has 0 saturated carbocycles. The maximum Gasteiger partial charge on any atom is 0.266 e. The van der Waals surface area contributed by atoms with Crippen molar-refractivity contribution in [1.29, 1.82) is 0 Å². The summed E-state index contributed by atoms with van der Waals surface area (Å²) in [6, 6.07) is 6.77. The number of carbonyl (C=O) groups excluding carboxylic acids is 1. The summed E-state index contributed by atoms with van der Waals surface area (Å²) in [6.45, 7) is 1.34. The van der Waals surface area contributed by atoms with Crippen molar-refractivity contribution in [2.75, 3.05) is 30.0 Å². The van der Waals surface area contributed by atoms with Gasteiger partial charge in [-0.3, -0.25) is 14.1 Å². The van der Waals surface area contributed by atoms with Gasteiger partial charge in [0, 0.05) is 67.7 Å². The number of hydrogen-bond donors (Lipinski definition) is 3. The number of benzene rings is 2. The lowest BCUT2D eigenvalue weighted by molar-refractivity contribution is 0.0612. The molecule has 4 N–H and O–H groups in total. The highest BCUT2D eigenvalue weighted by molar-refractivity contribution is 7.85. The highest BCUT2D eigenvalue weighted by Gasteiger charge is 2.23. The lowest BCUT2D eigenvalue weighted by Gasteiger charge is -2.23. The Morgan fingerprint density at radius 1 is 1.00 bits per heavy atom. The Bertz CT molecular complexity index is 2200. The van der Waals surface area contributed by atoms with Crippen molar-refractivity contribution >= 4 is 38.6 Å². The van der Waals surface area contributed by atoms with Crippen LogP contribution in [-0.2, 0) is 27.9 Å². The molecular formula is C32H29F3N6O6S. The van der Waals surface area contributed by atoms with Gasteiger partial charge in [-0.15, -0.1) is 0 Å². The van der Waals surface area contributed by atoms with Crippen LogP contribution in [-0.4, -0.2) is 56.9 Å². The number of rotatable bonds is 9. The Morgan fingerprint density at radius 3 is 2.44 bits per heavy atom. The first-order chi connectivity index (χ1) is 22.9. The van der Waals surface area contributed by atoms with Gasteiger partial charge in [0.2, 0.25) is 5.43 Å². The van der Waals surface area contributed by atoms with E-state index in [1.807, 2.05) is 0 Å². The molecule has 2 aromatic carbocycles. The number of nitrogens with zero attached hydrogens (tertiary/aromatic N) is 4. The second-order valence-corrected chi connectivity index (χ2v) is 13.0. The molecule has 16 heteroatoms. The molecule has 1 saturated heterocycles. The van der Waals surface area contributed by atoms with E-state index in [1.54, 1.807) is 10.8 Å². The summed E-state index contributed by atoms with van der Waals surface area (Å²) >= 11 is 0. The molecule has 1 aliphatic heterocycles. The first-order valence-corrected chi connectivity index (χ1v) is 16.4. The molecule has 250 valence electrons. The average molecular weight is 683 g/mol. The molecule has 0 unspecified atom stereocenters. The van der Waals surface area contributed by atoms with Crippen molar-refractivity contribution in [3.05, 3.63) is 94.6 Å². The fraction of sp³-hybridized carbons (Fsp3) is 0.250. The summed E-state index contributed by atoms with van der Waals surface area (Å²) in [5.74, 6) is -4.09. The average Bonchev–Trinajstić information content (AvgIpc) is 3.42. The molecule has 0 bridgehead atoms. The number of amides is 1. The fourth-order valence-corrected chi connectivity index (χ4v) is 6.16. The smallest absolute Gasteiger partial charge is 0.266 e. The maximum atomic E-state index is 15.7. The Balaban J connectivity index is 1.35. The molecule has 48 heavy (non-hydrogen) atoms. The predicted molar refractivity (Wildman–Crippen MR) is 171 cm³/mol. The standard InChI is InChI=1S/C32H29F3N6O6S/c33-20-3-1-19(2-4-20)22-14-40(13-18-5-8-47-9-6-18)15-24(29(22)42)32(43)39-27-12-25(34)21(11-26(27)35)23-16-41(7-10-48(44,45)46)31-28(23)30(36)37-17-38-31/h1-4,11-12,14-18H,5-10,13H2,(H,39,43)(H2,36,37,38)(H,44,45,46). The van der Waals surface area contributed by atoms with E-state index >= 15 is 8.78 Å². The lowest BCUT2D eigenvalue weighted by atomic mass is 9.99. The first kappa shape index (κ1) is 32.9. The minimum absolute atomic E-state index is 0.0377. The number of fused-ring (bicyclic) bond motifs is 1. The number of nitrogen functional groups attached to an aromatic ring is 1. The molecule has 3 aromatic heterocycles. The molecule has 6 rings (SSSR count). The topological polar surface area (TPSA) is 171 Å². The van der Waals surface area contributed by atoms with Gasteiger partial charge in [-0.1, -0.05) is 12.1 Å².